The Morgan fingerprint density at radius 1 is 1.23 bits per heavy atom. The maximum atomic E-state index is 11.7. The van der Waals surface area contributed by atoms with E-state index in [-0.39, 0.29) is 0 Å². The van der Waals surface area contributed by atoms with Crippen LogP contribution in [0.15, 0.2) is 0 Å². The molecule has 0 spiro atoms. The van der Waals surface area contributed by atoms with Crippen LogP contribution >= 0.6 is 21.6 Å². The fraction of sp³-hybridized carbons (Fsp3) is 1.00. The first-order valence-electron chi connectivity index (χ1n) is 4.43. The molecule has 0 aromatic rings. The fourth-order valence-electron chi connectivity index (χ4n) is 1.26. The summed E-state index contributed by atoms with van der Waals surface area (Å²) in [5.41, 5.74) is 0. The number of unbranched alkanes of at least 4 members (excludes halogenated alkanes) is 1. The lowest BCUT2D eigenvalue weighted by atomic mass is 10.1. The van der Waals surface area contributed by atoms with Crippen molar-refractivity contribution in [2.24, 2.45) is 0 Å². The molecule has 5 heteroatoms. The second-order valence-corrected chi connectivity index (χ2v) is 5.98. The summed E-state index contributed by atoms with van der Waals surface area (Å²) in [5, 5.41) is 0.609. The predicted molar refractivity (Wildman–Crippen MR) is 53.0 cm³/mol. The van der Waals surface area contributed by atoms with Crippen LogP contribution in [0.25, 0.3) is 0 Å². The highest BCUT2D eigenvalue weighted by atomic mass is 33.1. The van der Waals surface area contributed by atoms with Crippen molar-refractivity contribution in [1.29, 1.82) is 0 Å². The zero-order valence-electron chi connectivity index (χ0n) is 7.27. The van der Waals surface area contributed by atoms with Gasteiger partial charge in [-0.05, 0) is 19.3 Å². The van der Waals surface area contributed by atoms with E-state index in [1.165, 1.54) is 6.42 Å². The van der Waals surface area contributed by atoms with Crippen LogP contribution in [0, 0.1) is 0 Å². The van der Waals surface area contributed by atoms with Gasteiger partial charge >= 0.3 is 6.18 Å². The average molecular weight is 230 g/mol. The summed E-state index contributed by atoms with van der Waals surface area (Å²) in [4.78, 5) is 0. The van der Waals surface area contributed by atoms with Crippen LogP contribution in [0.1, 0.15) is 32.1 Å². The second kappa shape index (κ2) is 5.39. The van der Waals surface area contributed by atoms with E-state index in [0.717, 1.165) is 18.6 Å². The molecule has 0 bridgehead atoms. The molecule has 1 saturated heterocycles. The Hall–Kier alpha value is 0.490. The van der Waals surface area contributed by atoms with Crippen molar-refractivity contribution in [3.8, 4) is 0 Å². The highest BCUT2D eigenvalue weighted by Gasteiger charge is 2.26. The van der Waals surface area contributed by atoms with Crippen molar-refractivity contribution in [2.45, 2.75) is 43.5 Å². The van der Waals surface area contributed by atoms with Gasteiger partial charge in [-0.2, -0.15) is 13.2 Å². The molecule has 0 aliphatic carbocycles. The summed E-state index contributed by atoms with van der Waals surface area (Å²) in [7, 11) is 3.68. The molecule has 0 N–H and O–H groups in total. The first kappa shape index (κ1) is 11.6. The third-order valence-corrected chi connectivity index (χ3v) is 4.97. The van der Waals surface area contributed by atoms with Crippen LogP contribution in [0.5, 0.6) is 0 Å². The first-order chi connectivity index (χ1) is 6.08. The van der Waals surface area contributed by atoms with E-state index >= 15 is 0 Å². The molecule has 1 atom stereocenters. The Morgan fingerprint density at radius 2 is 2.00 bits per heavy atom. The van der Waals surface area contributed by atoms with Crippen molar-refractivity contribution < 1.29 is 13.2 Å². The normalized spacial score (nSPS) is 23.8. The number of hydrogen-bond acceptors (Lipinski definition) is 2. The first-order valence-corrected chi connectivity index (χ1v) is 6.81. The largest absolute Gasteiger partial charge is 0.389 e. The van der Waals surface area contributed by atoms with Crippen LogP contribution in [-0.4, -0.2) is 17.2 Å². The molecule has 0 nitrogen and oxygen atoms in total. The van der Waals surface area contributed by atoms with Crippen molar-refractivity contribution >= 4 is 21.6 Å². The Labute approximate surface area is 84.4 Å². The van der Waals surface area contributed by atoms with Crippen LogP contribution in [0.4, 0.5) is 13.2 Å². The highest BCUT2D eigenvalue weighted by Crippen LogP contribution is 2.40. The monoisotopic (exact) mass is 230 g/mol. The molecule has 0 amide bonds. The summed E-state index contributed by atoms with van der Waals surface area (Å²) in [5.74, 6) is 1.16. The zero-order valence-corrected chi connectivity index (χ0v) is 8.90. The van der Waals surface area contributed by atoms with Crippen molar-refractivity contribution in [1.82, 2.24) is 0 Å². The molecule has 0 aromatic heterocycles. The van der Waals surface area contributed by atoms with Gasteiger partial charge in [-0.3, -0.25) is 0 Å². The number of alkyl halides is 3. The van der Waals surface area contributed by atoms with Crippen LogP contribution in [-0.2, 0) is 0 Å². The Morgan fingerprint density at radius 3 is 2.54 bits per heavy atom. The topological polar surface area (TPSA) is 0 Å². The number of halogens is 3. The summed E-state index contributed by atoms with van der Waals surface area (Å²) in [6.07, 6.45) is -1.44. The minimum atomic E-state index is -3.96. The SMILES string of the molecule is FC(F)(F)CCCCC1CCSS1. The van der Waals surface area contributed by atoms with E-state index < -0.39 is 12.6 Å². The molecule has 1 heterocycles. The van der Waals surface area contributed by atoms with Gasteiger partial charge in [-0.15, -0.1) is 0 Å². The van der Waals surface area contributed by atoms with E-state index in [1.54, 1.807) is 0 Å². The summed E-state index contributed by atoms with van der Waals surface area (Å²) < 4.78 is 35.2. The lowest BCUT2D eigenvalue weighted by Gasteiger charge is -2.08. The van der Waals surface area contributed by atoms with Gasteiger partial charge in [0, 0.05) is 17.4 Å². The molecular formula is C8H13F3S2. The third-order valence-electron chi connectivity index (χ3n) is 1.96. The maximum Gasteiger partial charge on any atom is 0.389 e. The van der Waals surface area contributed by atoms with Crippen molar-refractivity contribution in [2.75, 3.05) is 5.75 Å². The van der Waals surface area contributed by atoms with Gasteiger partial charge in [0.15, 0.2) is 0 Å². The third kappa shape index (κ3) is 5.73. The molecule has 13 heavy (non-hydrogen) atoms. The quantitative estimate of drug-likeness (QED) is 0.522. The van der Waals surface area contributed by atoms with Gasteiger partial charge in [0.25, 0.3) is 0 Å². The number of rotatable bonds is 4. The summed E-state index contributed by atoms with van der Waals surface area (Å²) in [6, 6.07) is 0. The van der Waals surface area contributed by atoms with Crippen LogP contribution in [0.2, 0.25) is 0 Å². The van der Waals surface area contributed by atoms with Gasteiger partial charge in [0.2, 0.25) is 0 Å². The smallest absolute Gasteiger partial charge is 0.171 e. The molecule has 1 aliphatic rings. The molecule has 1 aliphatic heterocycles. The van der Waals surface area contributed by atoms with Crippen molar-refractivity contribution in [3.63, 3.8) is 0 Å². The van der Waals surface area contributed by atoms with Gasteiger partial charge in [0.1, 0.15) is 0 Å². The standard InChI is InChI=1S/C8H13F3S2/c9-8(10,11)5-2-1-3-7-4-6-12-13-7/h7H,1-6H2. The lowest BCUT2D eigenvalue weighted by Crippen LogP contribution is -2.07. The molecule has 0 saturated carbocycles. The van der Waals surface area contributed by atoms with Gasteiger partial charge < -0.3 is 0 Å². The minimum Gasteiger partial charge on any atom is -0.171 e. The van der Waals surface area contributed by atoms with E-state index in [1.807, 2.05) is 21.6 Å². The van der Waals surface area contributed by atoms with Gasteiger partial charge in [-0.25, -0.2) is 0 Å². The molecule has 0 radical (unpaired) electrons. The molecule has 78 valence electrons. The Balaban J connectivity index is 1.94. The lowest BCUT2D eigenvalue weighted by molar-refractivity contribution is -0.135. The van der Waals surface area contributed by atoms with E-state index in [4.69, 9.17) is 0 Å². The average Bonchev–Trinajstić information content (AvgIpc) is 2.48. The Kier molecular flexibility index (Phi) is 4.80. The van der Waals surface area contributed by atoms with E-state index in [9.17, 15) is 13.2 Å². The zero-order chi connectivity index (χ0) is 9.73. The Bertz CT molecular complexity index is 141. The molecule has 1 fully saturated rings. The molecular weight excluding hydrogens is 217 g/mol. The van der Waals surface area contributed by atoms with E-state index in [2.05, 4.69) is 0 Å². The summed E-state index contributed by atoms with van der Waals surface area (Å²) in [6.45, 7) is 0. The maximum absolute atomic E-state index is 11.7. The molecule has 1 rings (SSSR count). The molecule has 1 unspecified atom stereocenters. The van der Waals surface area contributed by atoms with Gasteiger partial charge in [-0.1, -0.05) is 28.0 Å². The number of hydrogen-bond donors (Lipinski definition) is 0. The summed E-state index contributed by atoms with van der Waals surface area (Å²) >= 11 is 0. The predicted octanol–water partition coefficient (Wildman–Crippen LogP) is 4.26. The van der Waals surface area contributed by atoms with Crippen molar-refractivity contribution in [3.05, 3.63) is 0 Å². The minimum absolute atomic E-state index is 0.297. The fourth-order valence-corrected chi connectivity index (χ4v) is 4.29. The van der Waals surface area contributed by atoms with Gasteiger partial charge in [0.05, 0.1) is 0 Å². The molecule has 0 aromatic carbocycles. The van der Waals surface area contributed by atoms with Crippen LogP contribution in [0.3, 0.4) is 0 Å². The van der Waals surface area contributed by atoms with E-state index in [0.29, 0.717) is 11.7 Å². The highest BCUT2D eigenvalue weighted by molar-refractivity contribution is 8.77. The van der Waals surface area contributed by atoms with Crippen LogP contribution < -0.4 is 0 Å². The second-order valence-electron chi connectivity index (χ2n) is 3.19.